The van der Waals surface area contributed by atoms with Gasteiger partial charge in [-0.15, -0.1) is 0 Å². The van der Waals surface area contributed by atoms with E-state index in [0.29, 0.717) is 0 Å². The quantitative estimate of drug-likeness (QED) is 0.875. The number of aliphatic hydroxyl groups excluding tert-OH is 1. The standard InChI is InChI=1S/C17H21NO2/c1-12-4-9-16(13(2)10-12)17(11-19)18-14-5-7-15(20-3)8-6-14/h4-10,17-19H,11H2,1-3H3. The van der Waals surface area contributed by atoms with Crippen LogP contribution in [0.3, 0.4) is 0 Å². The lowest BCUT2D eigenvalue weighted by Gasteiger charge is -2.20. The minimum atomic E-state index is -0.107. The summed E-state index contributed by atoms with van der Waals surface area (Å²) in [6.45, 7) is 4.19. The molecule has 3 heteroatoms. The molecule has 0 spiro atoms. The second-order valence-corrected chi connectivity index (χ2v) is 4.97. The molecule has 0 aliphatic heterocycles. The Bertz CT molecular complexity index is 564. The number of hydrogen-bond donors (Lipinski definition) is 2. The third-order valence-corrected chi connectivity index (χ3v) is 3.41. The third-order valence-electron chi connectivity index (χ3n) is 3.41. The summed E-state index contributed by atoms with van der Waals surface area (Å²) in [6, 6.07) is 13.9. The third kappa shape index (κ3) is 3.31. The van der Waals surface area contributed by atoms with Gasteiger partial charge in [0.2, 0.25) is 0 Å². The van der Waals surface area contributed by atoms with E-state index in [4.69, 9.17) is 4.74 Å². The van der Waals surface area contributed by atoms with Gasteiger partial charge in [-0.1, -0.05) is 23.8 Å². The Morgan fingerprint density at radius 1 is 1.10 bits per heavy atom. The van der Waals surface area contributed by atoms with E-state index in [-0.39, 0.29) is 12.6 Å². The highest BCUT2D eigenvalue weighted by Crippen LogP contribution is 2.24. The highest BCUT2D eigenvalue weighted by molar-refractivity contribution is 5.49. The molecule has 2 rings (SSSR count). The Kier molecular flexibility index (Phi) is 4.64. The number of hydrogen-bond acceptors (Lipinski definition) is 3. The van der Waals surface area contributed by atoms with Gasteiger partial charge in [0.15, 0.2) is 0 Å². The molecule has 0 aliphatic rings. The van der Waals surface area contributed by atoms with Gasteiger partial charge in [0.1, 0.15) is 5.75 Å². The number of nitrogens with one attached hydrogen (secondary N) is 1. The summed E-state index contributed by atoms with van der Waals surface area (Å²) in [5.41, 5.74) is 4.50. The van der Waals surface area contributed by atoms with Gasteiger partial charge < -0.3 is 15.2 Å². The molecule has 1 unspecified atom stereocenters. The molecule has 2 aromatic rings. The Labute approximate surface area is 120 Å². The maximum absolute atomic E-state index is 9.65. The Morgan fingerprint density at radius 3 is 2.35 bits per heavy atom. The van der Waals surface area contributed by atoms with Crippen LogP contribution in [0.25, 0.3) is 0 Å². The van der Waals surface area contributed by atoms with Crippen LogP contribution in [-0.4, -0.2) is 18.8 Å². The first-order valence-corrected chi connectivity index (χ1v) is 6.72. The topological polar surface area (TPSA) is 41.5 Å². The predicted octanol–water partition coefficient (Wildman–Crippen LogP) is 3.46. The molecule has 0 saturated carbocycles. The highest BCUT2D eigenvalue weighted by atomic mass is 16.5. The first-order chi connectivity index (χ1) is 9.63. The number of methoxy groups -OCH3 is 1. The molecule has 0 bridgehead atoms. The number of ether oxygens (including phenoxy) is 1. The zero-order chi connectivity index (χ0) is 14.5. The number of aliphatic hydroxyl groups is 1. The van der Waals surface area contributed by atoms with Crippen molar-refractivity contribution in [3.8, 4) is 5.75 Å². The lowest BCUT2D eigenvalue weighted by atomic mass is 9.99. The zero-order valence-electron chi connectivity index (χ0n) is 12.2. The van der Waals surface area contributed by atoms with E-state index >= 15 is 0 Å². The van der Waals surface area contributed by atoms with E-state index in [2.05, 4.69) is 37.4 Å². The van der Waals surface area contributed by atoms with E-state index in [9.17, 15) is 5.11 Å². The summed E-state index contributed by atoms with van der Waals surface area (Å²) in [7, 11) is 1.65. The second-order valence-electron chi connectivity index (χ2n) is 4.97. The van der Waals surface area contributed by atoms with Crippen LogP contribution >= 0.6 is 0 Å². The molecular formula is C17H21NO2. The molecule has 0 aliphatic carbocycles. The molecule has 0 saturated heterocycles. The molecule has 3 nitrogen and oxygen atoms in total. The molecule has 0 amide bonds. The van der Waals surface area contributed by atoms with Crippen molar-refractivity contribution in [2.75, 3.05) is 19.0 Å². The van der Waals surface area contributed by atoms with Crippen molar-refractivity contribution in [1.82, 2.24) is 0 Å². The fraction of sp³-hybridized carbons (Fsp3) is 0.294. The van der Waals surface area contributed by atoms with E-state index in [1.165, 1.54) is 11.1 Å². The van der Waals surface area contributed by atoms with Gasteiger partial charge in [-0.3, -0.25) is 0 Å². The van der Waals surface area contributed by atoms with Crippen molar-refractivity contribution in [2.45, 2.75) is 19.9 Å². The minimum Gasteiger partial charge on any atom is -0.497 e. The van der Waals surface area contributed by atoms with Gasteiger partial charge in [0.25, 0.3) is 0 Å². The van der Waals surface area contributed by atoms with E-state index in [0.717, 1.165) is 17.0 Å². The molecule has 2 N–H and O–H groups in total. The first kappa shape index (κ1) is 14.4. The predicted molar refractivity (Wildman–Crippen MR) is 82.4 cm³/mol. The number of rotatable bonds is 5. The van der Waals surface area contributed by atoms with Crippen molar-refractivity contribution in [3.63, 3.8) is 0 Å². The molecule has 0 fully saturated rings. The fourth-order valence-corrected chi connectivity index (χ4v) is 2.33. The van der Waals surface area contributed by atoms with Crippen molar-refractivity contribution < 1.29 is 9.84 Å². The van der Waals surface area contributed by atoms with Crippen LogP contribution in [0.4, 0.5) is 5.69 Å². The maximum atomic E-state index is 9.65. The zero-order valence-corrected chi connectivity index (χ0v) is 12.2. The van der Waals surface area contributed by atoms with Gasteiger partial charge in [0, 0.05) is 5.69 Å². The summed E-state index contributed by atoms with van der Waals surface area (Å²) in [6.07, 6.45) is 0. The van der Waals surface area contributed by atoms with Crippen LogP contribution in [-0.2, 0) is 0 Å². The van der Waals surface area contributed by atoms with Crippen molar-refractivity contribution in [1.29, 1.82) is 0 Å². The number of anilines is 1. The van der Waals surface area contributed by atoms with Crippen molar-refractivity contribution >= 4 is 5.69 Å². The van der Waals surface area contributed by atoms with E-state index < -0.39 is 0 Å². The van der Waals surface area contributed by atoms with Crippen LogP contribution in [0.1, 0.15) is 22.7 Å². The monoisotopic (exact) mass is 271 g/mol. The lowest BCUT2D eigenvalue weighted by Crippen LogP contribution is -2.16. The average Bonchev–Trinajstić information content (AvgIpc) is 2.46. The largest absolute Gasteiger partial charge is 0.497 e. The maximum Gasteiger partial charge on any atom is 0.119 e. The normalized spacial score (nSPS) is 12.0. The van der Waals surface area contributed by atoms with Gasteiger partial charge in [-0.25, -0.2) is 0 Å². The second kappa shape index (κ2) is 6.44. The van der Waals surface area contributed by atoms with Crippen molar-refractivity contribution in [2.24, 2.45) is 0 Å². The van der Waals surface area contributed by atoms with Gasteiger partial charge in [-0.05, 0) is 49.2 Å². The molecular weight excluding hydrogens is 250 g/mol. The number of aryl methyl sites for hydroxylation is 2. The van der Waals surface area contributed by atoms with Crippen molar-refractivity contribution in [3.05, 3.63) is 59.2 Å². The minimum absolute atomic E-state index is 0.0515. The summed E-state index contributed by atoms with van der Waals surface area (Å²) < 4.78 is 5.14. The van der Waals surface area contributed by atoms with Crippen LogP contribution in [0.15, 0.2) is 42.5 Å². The molecule has 2 aromatic carbocycles. The Balaban J connectivity index is 2.19. The highest BCUT2D eigenvalue weighted by Gasteiger charge is 2.12. The number of benzene rings is 2. The first-order valence-electron chi connectivity index (χ1n) is 6.72. The van der Waals surface area contributed by atoms with Crippen LogP contribution < -0.4 is 10.1 Å². The molecule has 106 valence electrons. The molecule has 0 heterocycles. The van der Waals surface area contributed by atoms with E-state index in [1.807, 2.05) is 24.3 Å². The van der Waals surface area contributed by atoms with Gasteiger partial charge in [-0.2, -0.15) is 0 Å². The van der Waals surface area contributed by atoms with E-state index in [1.54, 1.807) is 7.11 Å². The Hall–Kier alpha value is -2.00. The summed E-state index contributed by atoms with van der Waals surface area (Å²) >= 11 is 0. The summed E-state index contributed by atoms with van der Waals surface area (Å²) in [5.74, 6) is 0.822. The Morgan fingerprint density at radius 2 is 1.80 bits per heavy atom. The molecule has 1 atom stereocenters. The fourth-order valence-electron chi connectivity index (χ4n) is 2.33. The summed E-state index contributed by atoms with van der Waals surface area (Å²) in [5, 5.41) is 13.0. The summed E-state index contributed by atoms with van der Waals surface area (Å²) in [4.78, 5) is 0. The van der Waals surface area contributed by atoms with Crippen LogP contribution in [0.2, 0.25) is 0 Å². The SMILES string of the molecule is COc1ccc(NC(CO)c2ccc(C)cc2C)cc1. The smallest absolute Gasteiger partial charge is 0.119 e. The van der Waals surface area contributed by atoms with Gasteiger partial charge >= 0.3 is 0 Å². The lowest BCUT2D eigenvalue weighted by molar-refractivity contribution is 0.276. The van der Waals surface area contributed by atoms with Crippen LogP contribution in [0.5, 0.6) is 5.75 Å². The molecule has 20 heavy (non-hydrogen) atoms. The van der Waals surface area contributed by atoms with Crippen LogP contribution in [0, 0.1) is 13.8 Å². The molecule has 0 aromatic heterocycles. The average molecular weight is 271 g/mol. The molecule has 0 radical (unpaired) electrons. The van der Waals surface area contributed by atoms with Gasteiger partial charge in [0.05, 0.1) is 19.8 Å².